The van der Waals surface area contributed by atoms with E-state index in [4.69, 9.17) is 9.47 Å². The molecule has 1 aliphatic carbocycles. The van der Waals surface area contributed by atoms with Gasteiger partial charge < -0.3 is 24.5 Å². The van der Waals surface area contributed by atoms with Crippen LogP contribution in [0.25, 0.3) is 11.0 Å². The Balaban J connectivity index is 1.52. The fourth-order valence-electron chi connectivity index (χ4n) is 6.68. The topological polar surface area (TPSA) is 111 Å². The lowest BCUT2D eigenvalue weighted by Gasteiger charge is -2.35. The van der Waals surface area contributed by atoms with Crippen molar-refractivity contribution in [1.82, 2.24) is 20.2 Å². The lowest BCUT2D eigenvalue weighted by molar-refractivity contribution is -0.139. The summed E-state index contributed by atoms with van der Waals surface area (Å²) >= 11 is 0. The van der Waals surface area contributed by atoms with E-state index in [9.17, 15) is 27.6 Å². The Kier molecular flexibility index (Phi) is 9.09. The van der Waals surface area contributed by atoms with Crippen molar-refractivity contribution in [3.63, 3.8) is 0 Å². The van der Waals surface area contributed by atoms with Crippen LogP contribution in [0.5, 0.6) is 5.88 Å². The molecule has 9 nitrogen and oxygen atoms in total. The van der Waals surface area contributed by atoms with Crippen LogP contribution in [0, 0.1) is 17.3 Å². The Morgan fingerprint density at radius 2 is 1.70 bits per heavy atom. The third kappa shape index (κ3) is 6.78. The molecule has 2 amide bonds. The van der Waals surface area contributed by atoms with Crippen LogP contribution in [0.15, 0.2) is 18.2 Å². The molecule has 1 saturated carbocycles. The molecule has 1 aromatic carbocycles. The maximum absolute atomic E-state index is 14.0. The summed E-state index contributed by atoms with van der Waals surface area (Å²) in [5, 5.41) is 2.80. The molecule has 240 valence electrons. The first kappa shape index (κ1) is 32.0. The van der Waals surface area contributed by atoms with Gasteiger partial charge in [-0.1, -0.05) is 40.5 Å². The van der Waals surface area contributed by atoms with Gasteiger partial charge in [0, 0.05) is 5.92 Å². The van der Waals surface area contributed by atoms with E-state index in [1.165, 1.54) is 11.0 Å². The molecular formula is C32H41F3N4O5. The molecule has 6 atom stereocenters. The minimum Gasteiger partial charge on any atom is -0.471 e. The first-order valence-electron chi connectivity index (χ1n) is 15.5. The summed E-state index contributed by atoms with van der Waals surface area (Å²) in [4.78, 5) is 50.0. The van der Waals surface area contributed by atoms with Gasteiger partial charge in [0.25, 0.3) is 0 Å². The number of alkyl halides is 3. The van der Waals surface area contributed by atoms with Crippen LogP contribution in [0.4, 0.5) is 18.0 Å². The molecule has 1 N–H and O–H groups in total. The smallest absolute Gasteiger partial charge is 0.416 e. The number of nitrogens with one attached hydrogen (secondary N) is 1. The maximum Gasteiger partial charge on any atom is 0.416 e. The van der Waals surface area contributed by atoms with Crippen molar-refractivity contribution in [2.24, 2.45) is 17.3 Å². The predicted octanol–water partition coefficient (Wildman–Crippen LogP) is 5.87. The van der Waals surface area contributed by atoms with Gasteiger partial charge in [-0.05, 0) is 68.1 Å². The van der Waals surface area contributed by atoms with Gasteiger partial charge in [-0.15, -0.1) is 0 Å². The Hall–Kier alpha value is -3.44. The maximum atomic E-state index is 14.0. The number of rotatable bonds is 1. The second-order valence-corrected chi connectivity index (χ2v) is 13.5. The number of ether oxygens (including phenoxy) is 2. The summed E-state index contributed by atoms with van der Waals surface area (Å²) in [6.45, 7) is 7.30. The van der Waals surface area contributed by atoms with E-state index in [1.54, 1.807) is 6.92 Å². The number of hydrogen-bond acceptors (Lipinski definition) is 7. The molecule has 1 aromatic heterocycles. The zero-order chi connectivity index (χ0) is 31.8. The number of benzene rings is 1. The Bertz CT molecular complexity index is 1390. The van der Waals surface area contributed by atoms with E-state index in [-0.39, 0.29) is 30.0 Å². The molecule has 3 heterocycles. The Morgan fingerprint density at radius 3 is 2.41 bits per heavy atom. The lowest BCUT2D eigenvalue weighted by atomic mass is 9.85. The van der Waals surface area contributed by atoms with Crippen molar-refractivity contribution in [3.05, 3.63) is 29.5 Å². The highest BCUT2D eigenvalue weighted by molar-refractivity contribution is 5.89. The molecule has 2 aromatic rings. The number of carbonyl (C=O) groups is 3. The van der Waals surface area contributed by atoms with Gasteiger partial charge in [-0.3, -0.25) is 4.79 Å². The van der Waals surface area contributed by atoms with Crippen LogP contribution in [-0.4, -0.2) is 64.0 Å². The molecule has 5 rings (SSSR count). The van der Waals surface area contributed by atoms with Gasteiger partial charge in [0.1, 0.15) is 30.2 Å². The number of aryl methyl sites for hydroxylation is 1. The van der Waals surface area contributed by atoms with Crippen molar-refractivity contribution in [2.45, 2.75) is 110 Å². The number of halogens is 3. The highest BCUT2D eigenvalue weighted by Crippen LogP contribution is 2.36. The molecule has 44 heavy (non-hydrogen) atoms. The molecule has 0 spiro atoms. The monoisotopic (exact) mass is 618 g/mol. The normalized spacial score (nSPS) is 29.1. The number of amides is 2. The zero-order valence-corrected chi connectivity index (χ0v) is 25.7. The number of hydrogen-bond donors (Lipinski definition) is 1. The Labute approximate surface area is 255 Å². The lowest BCUT2D eigenvalue weighted by Crippen LogP contribution is -2.56. The summed E-state index contributed by atoms with van der Waals surface area (Å²) in [7, 11) is 0. The van der Waals surface area contributed by atoms with Gasteiger partial charge in [0.15, 0.2) is 0 Å². The summed E-state index contributed by atoms with van der Waals surface area (Å²) in [6, 6.07) is 1.45. The second-order valence-electron chi connectivity index (χ2n) is 13.5. The highest BCUT2D eigenvalue weighted by Gasteiger charge is 2.47. The molecule has 0 radical (unpaired) electrons. The van der Waals surface area contributed by atoms with E-state index < -0.39 is 53.3 Å². The highest BCUT2D eigenvalue weighted by atomic mass is 19.4. The summed E-state index contributed by atoms with van der Waals surface area (Å²) < 4.78 is 52.6. The molecule has 12 heteroatoms. The van der Waals surface area contributed by atoms with Crippen molar-refractivity contribution in [2.75, 3.05) is 6.54 Å². The van der Waals surface area contributed by atoms with Crippen molar-refractivity contribution >= 4 is 29.3 Å². The van der Waals surface area contributed by atoms with Gasteiger partial charge in [0.2, 0.25) is 11.8 Å². The number of alkyl carbamates (subject to hydrolysis) is 1. The second kappa shape index (κ2) is 12.5. The molecule has 2 aliphatic heterocycles. The van der Waals surface area contributed by atoms with Crippen LogP contribution >= 0.6 is 0 Å². The van der Waals surface area contributed by atoms with E-state index >= 15 is 0 Å². The minimum atomic E-state index is -4.54. The largest absolute Gasteiger partial charge is 0.471 e. The molecule has 2 fully saturated rings. The number of nitrogens with zero attached hydrogens (tertiary/aromatic N) is 3. The van der Waals surface area contributed by atoms with Crippen LogP contribution < -0.4 is 10.1 Å². The fraction of sp³-hybridized carbons (Fsp3) is 0.656. The molecule has 3 aliphatic rings. The zero-order valence-electron chi connectivity index (χ0n) is 25.7. The van der Waals surface area contributed by atoms with Crippen LogP contribution in [-0.2, 0) is 26.9 Å². The van der Waals surface area contributed by atoms with Gasteiger partial charge in [-0.25, -0.2) is 14.8 Å². The van der Waals surface area contributed by atoms with Crippen molar-refractivity contribution < 1.29 is 37.0 Å². The summed E-state index contributed by atoms with van der Waals surface area (Å²) in [6.07, 6.45) is 1.22. The van der Waals surface area contributed by atoms with Crippen LogP contribution in [0.1, 0.15) is 83.9 Å². The standard InChI is InChI=1S/C32H41F3N4O5/c1-18-24(17-40)39-16-26(18)43-28-22(36-21-14-13-20(32(33,34)35)15-23(21)37-28)11-7-5-6-9-19-10-8-12-25(19)44-30(42)38-27(29(39)41)31(2,3)4/h13-15,17-19,24-27H,5-12,16H2,1-4H3,(H,38,42)/t18-,19+,24+,25+,26-,27+/m0/s1. The average Bonchev–Trinajstić information content (AvgIpc) is 3.52. The fourth-order valence-corrected chi connectivity index (χ4v) is 6.68. The van der Waals surface area contributed by atoms with Crippen molar-refractivity contribution in [3.8, 4) is 5.88 Å². The predicted molar refractivity (Wildman–Crippen MR) is 156 cm³/mol. The van der Waals surface area contributed by atoms with Crippen LogP contribution in [0.3, 0.4) is 0 Å². The summed E-state index contributed by atoms with van der Waals surface area (Å²) in [5.41, 5.74) is -0.626. The molecule has 1 saturated heterocycles. The first-order chi connectivity index (χ1) is 20.8. The minimum absolute atomic E-state index is 0.0269. The Morgan fingerprint density at radius 1 is 0.955 bits per heavy atom. The van der Waals surface area contributed by atoms with E-state index in [0.717, 1.165) is 57.1 Å². The van der Waals surface area contributed by atoms with E-state index in [0.29, 0.717) is 23.9 Å². The molecule has 0 unspecified atom stereocenters. The summed E-state index contributed by atoms with van der Waals surface area (Å²) in [5.74, 6) is -0.561. The molecule has 2 bridgehead atoms. The van der Waals surface area contributed by atoms with E-state index in [1.807, 2.05) is 20.8 Å². The number of carbonyl (C=O) groups excluding carboxylic acids is 3. The quantitative estimate of drug-likeness (QED) is 0.398. The third-order valence-electron chi connectivity index (χ3n) is 9.29. The third-order valence-corrected chi connectivity index (χ3v) is 9.29. The van der Waals surface area contributed by atoms with Crippen LogP contribution in [0.2, 0.25) is 0 Å². The van der Waals surface area contributed by atoms with Gasteiger partial charge in [0.05, 0.1) is 29.2 Å². The average molecular weight is 619 g/mol. The van der Waals surface area contributed by atoms with Gasteiger partial charge in [-0.2, -0.15) is 13.2 Å². The number of aldehydes is 1. The molecular weight excluding hydrogens is 577 g/mol. The SMILES string of the molecule is C[C@@H]1[C@@H]2CN(C(=O)[C@H](C(C)(C)C)NC(=O)O[C@@H]3CCC[C@H]3CCCCCc3nc4ccc(C(F)(F)F)cc4nc3O2)[C@@H]1C=O. The van der Waals surface area contributed by atoms with E-state index in [2.05, 4.69) is 15.3 Å². The number of fused-ring (bicyclic) bond motifs is 5. The van der Waals surface area contributed by atoms with Gasteiger partial charge >= 0.3 is 12.3 Å². The first-order valence-corrected chi connectivity index (χ1v) is 15.5. The number of aromatic nitrogens is 2. The van der Waals surface area contributed by atoms with Crippen molar-refractivity contribution in [1.29, 1.82) is 0 Å².